The van der Waals surface area contributed by atoms with Crippen LogP contribution in [0.2, 0.25) is 4.34 Å². The highest BCUT2D eigenvalue weighted by Gasteiger charge is 2.32. The van der Waals surface area contributed by atoms with Crippen molar-refractivity contribution in [2.45, 2.75) is 58.5 Å². The molecule has 34 heavy (non-hydrogen) atoms. The lowest BCUT2D eigenvalue weighted by Crippen LogP contribution is -2.52. The van der Waals surface area contributed by atoms with Crippen molar-refractivity contribution < 1.29 is 14.4 Å². The number of rotatable bonds is 6. The molecule has 4 N–H and O–H groups in total. The number of amides is 3. The van der Waals surface area contributed by atoms with Crippen LogP contribution < -0.4 is 16.4 Å². The SMILES string of the molecule is Cc1cc(NC(=O)C(C)(C)NC(=O)c2ccc(Cl)s2)ccc1C(=O)N1CCC(C(C)(C)N)CC1. The van der Waals surface area contributed by atoms with Gasteiger partial charge in [0.2, 0.25) is 5.91 Å². The summed E-state index contributed by atoms with van der Waals surface area (Å²) in [6, 6.07) is 8.49. The third-order valence-corrected chi connectivity index (χ3v) is 7.57. The first-order chi connectivity index (χ1) is 15.8. The number of carbonyl (C=O) groups is 3. The number of carbonyl (C=O) groups excluding carboxylic acids is 3. The largest absolute Gasteiger partial charge is 0.339 e. The van der Waals surface area contributed by atoms with Crippen LogP contribution in [0.5, 0.6) is 0 Å². The zero-order valence-corrected chi connectivity index (χ0v) is 21.9. The molecule has 0 aliphatic carbocycles. The second kappa shape index (κ2) is 10.1. The fourth-order valence-corrected chi connectivity index (χ4v) is 5.04. The fourth-order valence-electron chi connectivity index (χ4n) is 4.10. The minimum atomic E-state index is -1.16. The van der Waals surface area contributed by atoms with Gasteiger partial charge in [0.25, 0.3) is 11.8 Å². The van der Waals surface area contributed by atoms with Crippen LogP contribution in [-0.2, 0) is 4.79 Å². The van der Waals surface area contributed by atoms with Crippen LogP contribution in [0.3, 0.4) is 0 Å². The summed E-state index contributed by atoms with van der Waals surface area (Å²) in [6.45, 7) is 10.6. The Balaban J connectivity index is 1.62. The number of halogens is 1. The lowest BCUT2D eigenvalue weighted by molar-refractivity contribution is -0.120. The quantitative estimate of drug-likeness (QED) is 0.540. The predicted octanol–water partition coefficient (Wildman–Crippen LogP) is 4.45. The maximum atomic E-state index is 13.1. The van der Waals surface area contributed by atoms with E-state index >= 15 is 0 Å². The number of nitrogens with zero attached hydrogens (tertiary/aromatic N) is 1. The molecule has 1 aromatic carbocycles. The third kappa shape index (κ3) is 6.17. The van der Waals surface area contributed by atoms with Gasteiger partial charge in [-0.2, -0.15) is 0 Å². The molecule has 184 valence electrons. The molecule has 3 amide bonds. The van der Waals surface area contributed by atoms with Crippen molar-refractivity contribution in [2.75, 3.05) is 18.4 Å². The second-order valence-electron chi connectivity index (χ2n) is 10.1. The molecule has 1 fully saturated rings. The van der Waals surface area contributed by atoms with Gasteiger partial charge in [-0.3, -0.25) is 14.4 Å². The molecule has 7 nitrogen and oxygen atoms in total. The Morgan fingerprint density at radius 3 is 2.26 bits per heavy atom. The highest BCUT2D eigenvalue weighted by atomic mass is 35.5. The summed E-state index contributed by atoms with van der Waals surface area (Å²) in [7, 11) is 0. The molecule has 0 atom stereocenters. The minimum Gasteiger partial charge on any atom is -0.339 e. The first kappa shape index (κ1) is 26.2. The van der Waals surface area contributed by atoms with Gasteiger partial charge in [-0.25, -0.2) is 0 Å². The van der Waals surface area contributed by atoms with E-state index in [0.29, 0.717) is 39.5 Å². The molecule has 9 heteroatoms. The van der Waals surface area contributed by atoms with Crippen LogP contribution in [0.1, 0.15) is 66.1 Å². The number of hydrogen-bond acceptors (Lipinski definition) is 5. The average Bonchev–Trinajstić information content (AvgIpc) is 3.19. The molecule has 2 aromatic rings. The number of anilines is 1. The third-order valence-electron chi connectivity index (χ3n) is 6.34. The van der Waals surface area contributed by atoms with E-state index in [-0.39, 0.29) is 23.3 Å². The monoisotopic (exact) mass is 504 g/mol. The first-order valence-electron chi connectivity index (χ1n) is 11.4. The number of benzene rings is 1. The van der Waals surface area contributed by atoms with Gasteiger partial charge < -0.3 is 21.3 Å². The molecular formula is C25H33ClN4O3S. The highest BCUT2D eigenvalue weighted by Crippen LogP contribution is 2.28. The number of likely N-dealkylation sites (tertiary alicyclic amines) is 1. The zero-order valence-electron chi connectivity index (χ0n) is 20.3. The van der Waals surface area contributed by atoms with Crippen molar-refractivity contribution in [3.05, 3.63) is 50.7 Å². The Morgan fingerprint density at radius 1 is 1.09 bits per heavy atom. The fraction of sp³-hybridized carbons (Fsp3) is 0.480. The Hall–Kier alpha value is -2.42. The molecular weight excluding hydrogens is 472 g/mol. The van der Waals surface area contributed by atoms with E-state index in [2.05, 4.69) is 10.6 Å². The smallest absolute Gasteiger partial charge is 0.262 e. The van der Waals surface area contributed by atoms with Gasteiger partial charge in [0.05, 0.1) is 9.21 Å². The van der Waals surface area contributed by atoms with Crippen LogP contribution >= 0.6 is 22.9 Å². The van der Waals surface area contributed by atoms with Gasteiger partial charge in [0.1, 0.15) is 5.54 Å². The van der Waals surface area contributed by atoms with E-state index in [1.54, 1.807) is 44.2 Å². The van der Waals surface area contributed by atoms with Crippen LogP contribution in [0, 0.1) is 12.8 Å². The van der Waals surface area contributed by atoms with E-state index in [0.717, 1.165) is 29.7 Å². The maximum Gasteiger partial charge on any atom is 0.262 e. The molecule has 3 rings (SSSR count). The van der Waals surface area contributed by atoms with Crippen molar-refractivity contribution >= 4 is 46.3 Å². The van der Waals surface area contributed by atoms with Crippen molar-refractivity contribution in [1.82, 2.24) is 10.2 Å². The Kier molecular flexibility index (Phi) is 7.75. The topological polar surface area (TPSA) is 105 Å². The Labute approximate surface area is 210 Å². The number of hydrogen-bond donors (Lipinski definition) is 3. The molecule has 0 bridgehead atoms. The van der Waals surface area contributed by atoms with E-state index in [1.807, 2.05) is 25.7 Å². The zero-order chi connectivity index (χ0) is 25.3. The van der Waals surface area contributed by atoms with Gasteiger partial charge in [0, 0.05) is 29.9 Å². The molecule has 2 heterocycles. The van der Waals surface area contributed by atoms with Crippen molar-refractivity contribution in [2.24, 2.45) is 11.7 Å². The molecule has 1 saturated heterocycles. The van der Waals surface area contributed by atoms with E-state index in [4.69, 9.17) is 17.3 Å². The van der Waals surface area contributed by atoms with Crippen LogP contribution in [0.25, 0.3) is 0 Å². The molecule has 0 radical (unpaired) electrons. The summed E-state index contributed by atoms with van der Waals surface area (Å²) >= 11 is 7.05. The summed E-state index contributed by atoms with van der Waals surface area (Å²) in [5.74, 6) is -0.342. The van der Waals surface area contributed by atoms with Gasteiger partial charge in [0.15, 0.2) is 0 Å². The Morgan fingerprint density at radius 2 is 1.74 bits per heavy atom. The molecule has 0 saturated carbocycles. The molecule has 1 aliphatic rings. The van der Waals surface area contributed by atoms with Gasteiger partial charge >= 0.3 is 0 Å². The second-order valence-corrected chi connectivity index (χ2v) is 11.8. The standard InChI is InChI=1S/C25H33ClN4O3S/c1-15-14-17(28-23(33)25(4,5)29-21(31)19-8-9-20(26)34-19)6-7-18(15)22(32)30-12-10-16(11-13-30)24(2,3)27/h6-9,14,16H,10-13,27H2,1-5H3,(H,28,33)(H,29,31). The highest BCUT2D eigenvalue weighted by molar-refractivity contribution is 7.18. The van der Waals surface area contributed by atoms with Crippen LogP contribution in [0.15, 0.2) is 30.3 Å². The number of piperidine rings is 1. The first-order valence-corrected chi connectivity index (χ1v) is 12.6. The maximum absolute atomic E-state index is 13.1. The lowest BCUT2D eigenvalue weighted by atomic mass is 9.81. The summed E-state index contributed by atoms with van der Waals surface area (Å²) in [5, 5.41) is 5.58. The van der Waals surface area contributed by atoms with Gasteiger partial charge in [-0.1, -0.05) is 11.6 Å². The Bertz CT molecular complexity index is 1080. The van der Waals surface area contributed by atoms with Crippen LogP contribution in [0.4, 0.5) is 5.69 Å². The summed E-state index contributed by atoms with van der Waals surface area (Å²) < 4.78 is 0.505. The number of nitrogens with one attached hydrogen (secondary N) is 2. The number of aryl methyl sites for hydroxylation is 1. The van der Waals surface area contributed by atoms with E-state index in [9.17, 15) is 14.4 Å². The summed E-state index contributed by atoms with van der Waals surface area (Å²) in [6.07, 6.45) is 1.78. The summed E-state index contributed by atoms with van der Waals surface area (Å²) in [4.78, 5) is 40.7. The molecule has 0 spiro atoms. The van der Waals surface area contributed by atoms with E-state index in [1.165, 1.54) is 0 Å². The van der Waals surface area contributed by atoms with Crippen LogP contribution in [-0.4, -0.2) is 46.8 Å². The van der Waals surface area contributed by atoms with Gasteiger partial charge in [-0.05, 0) is 89.3 Å². The molecule has 0 unspecified atom stereocenters. The summed E-state index contributed by atoms with van der Waals surface area (Å²) in [5.41, 5.74) is 6.80. The number of thiophene rings is 1. The minimum absolute atomic E-state index is 0.00847. The average molecular weight is 505 g/mol. The van der Waals surface area contributed by atoms with Gasteiger partial charge in [-0.15, -0.1) is 11.3 Å². The predicted molar refractivity (Wildman–Crippen MR) is 138 cm³/mol. The normalized spacial score (nSPS) is 15.2. The lowest BCUT2D eigenvalue weighted by Gasteiger charge is -2.38. The van der Waals surface area contributed by atoms with Crippen molar-refractivity contribution in [3.8, 4) is 0 Å². The molecule has 1 aromatic heterocycles. The molecule has 1 aliphatic heterocycles. The van der Waals surface area contributed by atoms with E-state index < -0.39 is 5.54 Å². The van der Waals surface area contributed by atoms with Crippen molar-refractivity contribution in [3.63, 3.8) is 0 Å². The van der Waals surface area contributed by atoms with Crippen molar-refractivity contribution in [1.29, 1.82) is 0 Å². The number of nitrogens with two attached hydrogens (primary N) is 1.